The van der Waals surface area contributed by atoms with E-state index in [-0.39, 0.29) is 48.2 Å². The molecule has 2 aromatic rings. The second-order valence-electron chi connectivity index (χ2n) is 7.66. The zero-order valence-corrected chi connectivity index (χ0v) is 20.8. The Morgan fingerprint density at radius 2 is 1.91 bits per heavy atom. The molecular formula is C23H33FIN5O2. The summed E-state index contributed by atoms with van der Waals surface area (Å²) in [6.45, 7) is 3.79. The number of aliphatic imine (C=N–C) groups is 1. The molecule has 0 bridgehead atoms. The first-order valence-electron chi connectivity index (χ1n) is 10.9. The fourth-order valence-electron chi connectivity index (χ4n) is 3.81. The third-order valence-electron chi connectivity index (χ3n) is 5.38. The summed E-state index contributed by atoms with van der Waals surface area (Å²) in [7, 11) is 1.72. The quantitative estimate of drug-likeness (QED) is 0.191. The fraction of sp³-hybridized carbons (Fsp3) is 0.478. The molecule has 1 aromatic heterocycles. The number of benzene rings is 1. The van der Waals surface area contributed by atoms with Crippen LogP contribution in [0.15, 0.2) is 52.1 Å². The maximum absolute atomic E-state index is 13.2. The Bertz CT molecular complexity index is 841. The van der Waals surface area contributed by atoms with Crippen LogP contribution in [0.5, 0.6) is 0 Å². The van der Waals surface area contributed by atoms with Gasteiger partial charge in [-0.1, -0.05) is 18.6 Å². The molecule has 0 aliphatic carbocycles. The van der Waals surface area contributed by atoms with Crippen molar-refractivity contribution in [1.29, 1.82) is 0 Å². The van der Waals surface area contributed by atoms with Crippen LogP contribution in [-0.4, -0.2) is 56.5 Å². The van der Waals surface area contributed by atoms with Gasteiger partial charge in [-0.25, -0.2) is 4.39 Å². The Hall–Kier alpha value is -2.14. The molecule has 1 aliphatic heterocycles. The SMILES string of the molecule is CN=C(NCCNC(=O)Cc1cccc(F)c1)NCC(c1ccco1)N1CCCCC1.I. The fourth-order valence-corrected chi connectivity index (χ4v) is 3.81. The first kappa shape index (κ1) is 26.1. The van der Waals surface area contributed by atoms with Crippen LogP contribution in [0.1, 0.15) is 36.6 Å². The smallest absolute Gasteiger partial charge is 0.224 e. The van der Waals surface area contributed by atoms with E-state index in [0.29, 0.717) is 31.2 Å². The highest BCUT2D eigenvalue weighted by Crippen LogP contribution is 2.24. The van der Waals surface area contributed by atoms with Gasteiger partial charge < -0.3 is 20.4 Å². The topological polar surface area (TPSA) is 81.9 Å². The molecule has 7 nitrogen and oxygen atoms in total. The molecule has 1 aromatic carbocycles. The third kappa shape index (κ3) is 8.42. The van der Waals surface area contributed by atoms with Gasteiger partial charge in [-0.05, 0) is 55.8 Å². The van der Waals surface area contributed by atoms with E-state index in [4.69, 9.17) is 4.42 Å². The van der Waals surface area contributed by atoms with Gasteiger partial charge in [-0.3, -0.25) is 14.7 Å². The number of halogens is 2. The predicted molar refractivity (Wildman–Crippen MR) is 135 cm³/mol. The van der Waals surface area contributed by atoms with Gasteiger partial charge in [-0.2, -0.15) is 0 Å². The maximum atomic E-state index is 13.2. The number of amides is 1. The number of hydrogen-bond donors (Lipinski definition) is 3. The van der Waals surface area contributed by atoms with Gasteiger partial charge in [-0.15, -0.1) is 24.0 Å². The van der Waals surface area contributed by atoms with E-state index < -0.39 is 0 Å². The van der Waals surface area contributed by atoms with Crippen LogP contribution in [0.2, 0.25) is 0 Å². The van der Waals surface area contributed by atoms with Crippen molar-refractivity contribution in [1.82, 2.24) is 20.9 Å². The molecule has 176 valence electrons. The van der Waals surface area contributed by atoms with Crippen LogP contribution < -0.4 is 16.0 Å². The minimum Gasteiger partial charge on any atom is -0.468 e. The number of guanidine groups is 1. The average Bonchev–Trinajstić information content (AvgIpc) is 3.30. The molecule has 1 fully saturated rings. The zero-order chi connectivity index (χ0) is 21.9. The number of nitrogens with one attached hydrogen (secondary N) is 3. The van der Waals surface area contributed by atoms with E-state index in [1.807, 2.05) is 12.1 Å². The number of nitrogens with zero attached hydrogens (tertiary/aromatic N) is 2. The van der Waals surface area contributed by atoms with E-state index in [0.717, 1.165) is 18.8 Å². The molecule has 1 atom stereocenters. The van der Waals surface area contributed by atoms with E-state index in [1.54, 1.807) is 25.4 Å². The van der Waals surface area contributed by atoms with Crippen LogP contribution >= 0.6 is 24.0 Å². The highest BCUT2D eigenvalue weighted by molar-refractivity contribution is 14.0. The lowest BCUT2D eigenvalue weighted by Crippen LogP contribution is -2.46. The van der Waals surface area contributed by atoms with Crippen LogP contribution in [0.4, 0.5) is 4.39 Å². The summed E-state index contributed by atoms with van der Waals surface area (Å²) in [4.78, 5) is 18.8. The Labute approximate surface area is 206 Å². The molecule has 1 aliphatic rings. The van der Waals surface area contributed by atoms with Gasteiger partial charge in [0.1, 0.15) is 11.6 Å². The van der Waals surface area contributed by atoms with E-state index in [2.05, 4.69) is 25.8 Å². The second-order valence-corrected chi connectivity index (χ2v) is 7.66. The predicted octanol–water partition coefficient (Wildman–Crippen LogP) is 3.09. The van der Waals surface area contributed by atoms with Crippen molar-refractivity contribution in [2.45, 2.75) is 31.7 Å². The minimum absolute atomic E-state index is 0. The molecular weight excluding hydrogens is 524 g/mol. The van der Waals surface area contributed by atoms with Crippen LogP contribution in [0.3, 0.4) is 0 Å². The maximum Gasteiger partial charge on any atom is 0.224 e. The van der Waals surface area contributed by atoms with E-state index in [1.165, 1.54) is 31.4 Å². The van der Waals surface area contributed by atoms with Crippen molar-refractivity contribution >= 4 is 35.8 Å². The largest absolute Gasteiger partial charge is 0.468 e. The van der Waals surface area contributed by atoms with Crippen LogP contribution in [0.25, 0.3) is 0 Å². The first-order chi connectivity index (χ1) is 15.2. The third-order valence-corrected chi connectivity index (χ3v) is 5.38. The molecule has 0 spiro atoms. The van der Waals surface area contributed by atoms with Gasteiger partial charge in [0.2, 0.25) is 5.91 Å². The zero-order valence-electron chi connectivity index (χ0n) is 18.5. The van der Waals surface area contributed by atoms with Gasteiger partial charge in [0.15, 0.2) is 5.96 Å². The number of carbonyl (C=O) groups is 1. The highest BCUT2D eigenvalue weighted by Gasteiger charge is 2.24. The van der Waals surface area contributed by atoms with Crippen molar-refractivity contribution in [2.75, 3.05) is 39.8 Å². The van der Waals surface area contributed by atoms with E-state index >= 15 is 0 Å². The first-order valence-corrected chi connectivity index (χ1v) is 10.9. The Balaban J connectivity index is 0.00000363. The molecule has 9 heteroatoms. The van der Waals surface area contributed by atoms with Crippen molar-refractivity contribution in [3.05, 3.63) is 59.8 Å². The summed E-state index contributed by atoms with van der Waals surface area (Å²) in [5.41, 5.74) is 0.657. The molecule has 3 N–H and O–H groups in total. The molecule has 0 saturated carbocycles. The summed E-state index contributed by atoms with van der Waals surface area (Å²) in [6.07, 6.45) is 5.57. The molecule has 1 unspecified atom stereocenters. The lowest BCUT2D eigenvalue weighted by atomic mass is 10.1. The molecule has 32 heavy (non-hydrogen) atoms. The second kappa shape index (κ2) is 14.1. The summed E-state index contributed by atoms with van der Waals surface area (Å²) in [5, 5.41) is 9.43. The average molecular weight is 557 g/mol. The van der Waals surface area contributed by atoms with Crippen molar-refractivity contribution < 1.29 is 13.6 Å². The van der Waals surface area contributed by atoms with Gasteiger partial charge in [0.25, 0.3) is 0 Å². The molecule has 3 rings (SSSR count). The molecule has 0 radical (unpaired) electrons. The number of hydrogen-bond acceptors (Lipinski definition) is 4. The number of carbonyl (C=O) groups excluding carboxylic acids is 1. The summed E-state index contributed by atoms with van der Waals surface area (Å²) < 4.78 is 18.9. The van der Waals surface area contributed by atoms with E-state index in [9.17, 15) is 9.18 Å². The Morgan fingerprint density at radius 3 is 2.59 bits per heavy atom. The van der Waals surface area contributed by atoms with Crippen molar-refractivity contribution in [3.8, 4) is 0 Å². The standard InChI is InChI=1S/C23H32FN5O2.HI/c1-25-23(27-11-10-26-22(30)16-18-7-5-8-19(24)15-18)28-17-20(21-9-6-14-31-21)29-12-3-2-4-13-29;/h5-9,14-15,20H,2-4,10-13,16-17H2,1H3,(H,26,30)(H2,25,27,28);1H. The Morgan fingerprint density at radius 1 is 1.12 bits per heavy atom. The molecule has 1 saturated heterocycles. The van der Waals surface area contributed by atoms with Crippen LogP contribution in [0, 0.1) is 5.82 Å². The van der Waals surface area contributed by atoms with Crippen LogP contribution in [-0.2, 0) is 11.2 Å². The summed E-state index contributed by atoms with van der Waals surface area (Å²) in [5.74, 6) is 1.15. The number of rotatable bonds is 9. The minimum atomic E-state index is -0.334. The van der Waals surface area contributed by atoms with Crippen molar-refractivity contribution in [3.63, 3.8) is 0 Å². The number of likely N-dealkylation sites (tertiary alicyclic amines) is 1. The lowest BCUT2D eigenvalue weighted by Gasteiger charge is -2.33. The number of furan rings is 1. The summed E-state index contributed by atoms with van der Waals surface area (Å²) >= 11 is 0. The van der Waals surface area contributed by atoms with Gasteiger partial charge in [0, 0.05) is 26.7 Å². The van der Waals surface area contributed by atoms with Gasteiger partial charge in [0.05, 0.1) is 18.7 Å². The normalized spacial score (nSPS) is 15.5. The van der Waals surface area contributed by atoms with Crippen molar-refractivity contribution in [2.24, 2.45) is 4.99 Å². The summed E-state index contributed by atoms with van der Waals surface area (Å²) in [6, 6.07) is 10.2. The monoisotopic (exact) mass is 557 g/mol. The molecule has 1 amide bonds. The number of piperidine rings is 1. The highest BCUT2D eigenvalue weighted by atomic mass is 127. The van der Waals surface area contributed by atoms with Gasteiger partial charge >= 0.3 is 0 Å². The Kier molecular flexibility index (Phi) is 11.5. The lowest BCUT2D eigenvalue weighted by molar-refractivity contribution is -0.120. The molecule has 2 heterocycles.